The molecule has 0 radical (unpaired) electrons. The first-order valence-electron chi connectivity index (χ1n) is 11.6. The van der Waals surface area contributed by atoms with Gasteiger partial charge in [-0.1, -0.05) is 20.8 Å². The molecule has 6 saturated carbocycles. The Morgan fingerprint density at radius 3 is 1.78 bits per heavy atom. The summed E-state index contributed by atoms with van der Waals surface area (Å²) in [7, 11) is 0. The zero-order chi connectivity index (χ0) is 23.5. The van der Waals surface area contributed by atoms with Crippen LogP contribution in [0.1, 0.15) is 40.5 Å². The number of carboxylic acid groups (broad SMARTS) is 4. The number of rotatable bonds is 4. The minimum atomic E-state index is -1.39. The second-order valence-corrected chi connectivity index (χ2v) is 12.5. The number of hydrogen-bond acceptors (Lipinski definition) is 4. The number of hydrogen-bond donors (Lipinski definition) is 4. The molecule has 6 fully saturated rings. The van der Waals surface area contributed by atoms with E-state index >= 15 is 0 Å². The van der Waals surface area contributed by atoms with E-state index in [0.29, 0.717) is 0 Å². The summed E-state index contributed by atoms with van der Waals surface area (Å²) in [5, 5.41) is 39.9. The fourth-order valence-electron chi connectivity index (χ4n) is 11.8. The quantitative estimate of drug-likeness (QED) is 0.514. The topological polar surface area (TPSA) is 149 Å². The van der Waals surface area contributed by atoms with Crippen LogP contribution in [0.25, 0.3) is 0 Å². The molecule has 0 heterocycles. The van der Waals surface area contributed by atoms with Gasteiger partial charge >= 0.3 is 23.9 Å². The first kappa shape index (κ1) is 20.5. The maximum absolute atomic E-state index is 12.5. The van der Waals surface area contributed by atoms with Crippen molar-refractivity contribution >= 4 is 23.9 Å². The molecule has 8 nitrogen and oxygen atoms in total. The van der Waals surface area contributed by atoms with Gasteiger partial charge < -0.3 is 20.4 Å². The van der Waals surface area contributed by atoms with Gasteiger partial charge in [-0.15, -0.1) is 0 Å². The third-order valence-electron chi connectivity index (χ3n) is 13.0. The first-order chi connectivity index (χ1) is 14.7. The molecule has 6 rings (SSSR count). The molecule has 174 valence electrons. The van der Waals surface area contributed by atoms with Crippen LogP contribution in [0.2, 0.25) is 0 Å². The molecule has 4 N–H and O–H groups in total. The van der Waals surface area contributed by atoms with Crippen LogP contribution in [0.4, 0.5) is 0 Å². The lowest BCUT2D eigenvalue weighted by atomic mass is 9.17. The molecule has 14 atom stereocenters. The third-order valence-corrected chi connectivity index (χ3v) is 13.0. The molecule has 0 aromatic carbocycles. The smallest absolute Gasteiger partial charge is 0.310 e. The van der Waals surface area contributed by atoms with Gasteiger partial charge in [-0.05, 0) is 77.4 Å². The summed E-state index contributed by atoms with van der Waals surface area (Å²) < 4.78 is 0. The third kappa shape index (κ3) is 1.50. The van der Waals surface area contributed by atoms with Crippen molar-refractivity contribution < 1.29 is 39.6 Å². The normalized spacial score (nSPS) is 62.4. The minimum absolute atomic E-state index is 0.0279. The summed E-state index contributed by atoms with van der Waals surface area (Å²) in [6, 6.07) is 0. The number of carbonyl (C=O) groups is 4. The highest BCUT2D eigenvalue weighted by atomic mass is 16.4. The highest BCUT2D eigenvalue weighted by Gasteiger charge is 2.95. The van der Waals surface area contributed by atoms with Crippen LogP contribution in [0.5, 0.6) is 0 Å². The Morgan fingerprint density at radius 1 is 0.719 bits per heavy atom. The van der Waals surface area contributed by atoms with E-state index in [-0.39, 0.29) is 46.8 Å². The van der Waals surface area contributed by atoms with E-state index in [0.717, 1.165) is 12.8 Å². The molecule has 6 aliphatic carbocycles. The van der Waals surface area contributed by atoms with Gasteiger partial charge in [-0.3, -0.25) is 19.2 Å². The second-order valence-electron chi connectivity index (χ2n) is 12.5. The van der Waals surface area contributed by atoms with Crippen molar-refractivity contribution in [1.82, 2.24) is 0 Å². The van der Waals surface area contributed by atoms with Crippen molar-refractivity contribution in [3.63, 3.8) is 0 Å². The molecule has 14 unspecified atom stereocenters. The summed E-state index contributed by atoms with van der Waals surface area (Å²) in [6.45, 7) is 7.83. The van der Waals surface area contributed by atoms with E-state index < -0.39 is 57.9 Å². The molecule has 0 amide bonds. The van der Waals surface area contributed by atoms with Crippen LogP contribution in [-0.4, -0.2) is 44.3 Å². The molecule has 0 aromatic rings. The van der Waals surface area contributed by atoms with Crippen LogP contribution >= 0.6 is 0 Å². The van der Waals surface area contributed by atoms with Crippen molar-refractivity contribution in [1.29, 1.82) is 0 Å². The van der Waals surface area contributed by atoms with E-state index in [1.807, 2.05) is 6.92 Å². The second kappa shape index (κ2) is 5.17. The molecule has 8 heteroatoms. The van der Waals surface area contributed by atoms with Crippen LogP contribution < -0.4 is 0 Å². The Hall–Kier alpha value is -2.12. The molecule has 32 heavy (non-hydrogen) atoms. The predicted molar refractivity (Wildman–Crippen MR) is 107 cm³/mol. The predicted octanol–water partition coefficient (Wildman–Crippen LogP) is 2.37. The van der Waals surface area contributed by atoms with Crippen molar-refractivity contribution in [3.8, 4) is 0 Å². The van der Waals surface area contributed by atoms with E-state index in [4.69, 9.17) is 0 Å². The maximum atomic E-state index is 12.5. The van der Waals surface area contributed by atoms with Crippen LogP contribution in [0, 0.1) is 80.8 Å². The SMILES string of the molecule is CC12CC(C3CC1C1C(C(=O)O)C(C(=O)O)C31)C1C3C(C(=O)O)C(C)(C(=O)O)C3(C)C12C. The average molecular weight is 446 g/mol. The Morgan fingerprint density at radius 2 is 1.28 bits per heavy atom. The molecular formula is C24H30O8. The Labute approximate surface area is 185 Å². The van der Waals surface area contributed by atoms with Crippen molar-refractivity contribution in [2.45, 2.75) is 40.5 Å². The number of aliphatic carboxylic acids is 4. The molecule has 0 saturated heterocycles. The fourth-order valence-corrected chi connectivity index (χ4v) is 11.8. The zero-order valence-electron chi connectivity index (χ0n) is 18.6. The zero-order valence-corrected chi connectivity index (χ0v) is 18.6. The monoisotopic (exact) mass is 446 g/mol. The van der Waals surface area contributed by atoms with Gasteiger partial charge in [-0.25, -0.2) is 0 Å². The summed E-state index contributed by atoms with van der Waals surface area (Å²) in [4.78, 5) is 48.8. The summed E-state index contributed by atoms with van der Waals surface area (Å²) in [6.07, 6.45) is 1.59. The maximum Gasteiger partial charge on any atom is 0.310 e. The van der Waals surface area contributed by atoms with Gasteiger partial charge in [0.1, 0.15) is 0 Å². The van der Waals surface area contributed by atoms with Gasteiger partial charge in [0.05, 0.1) is 23.2 Å². The standard InChI is InChI=1S/C24H30O8/c1-21-6-8(7-5-9(21)11-10(7)12(17(25)26)13(11)18(27)28)14-15-16(19(29)30)22(2,20(31)32)24(15,4)23(14,21)3/h7-16H,5-6H2,1-4H3,(H,25,26)(H,27,28)(H,29,30)(H,31,32). The Balaban J connectivity index is 1.49. The minimum Gasteiger partial charge on any atom is -0.481 e. The average Bonchev–Trinajstić information content (AvgIpc) is 3.03. The van der Waals surface area contributed by atoms with Crippen molar-refractivity contribution in [2.24, 2.45) is 80.8 Å². The summed E-state index contributed by atoms with van der Waals surface area (Å²) in [5.74, 6) is -7.28. The number of carboxylic acids is 4. The van der Waals surface area contributed by atoms with Crippen molar-refractivity contribution in [3.05, 3.63) is 0 Å². The first-order valence-corrected chi connectivity index (χ1v) is 11.6. The van der Waals surface area contributed by atoms with E-state index in [1.165, 1.54) is 0 Å². The number of fused-ring (bicyclic) bond motifs is 3. The van der Waals surface area contributed by atoms with Gasteiger partial charge in [0.15, 0.2) is 0 Å². The van der Waals surface area contributed by atoms with Crippen LogP contribution in [0.15, 0.2) is 0 Å². The van der Waals surface area contributed by atoms with Gasteiger partial charge in [-0.2, -0.15) is 0 Å². The lowest BCUT2D eigenvalue weighted by molar-refractivity contribution is -0.384. The Bertz CT molecular complexity index is 1020. The van der Waals surface area contributed by atoms with E-state index in [9.17, 15) is 39.6 Å². The van der Waals surface area contributed by atoms with Gasteiger partial charge in [0, 0.05) is 0 Å². The van der Waals surface area contributed by atoms with Crippen LogP contribution in [0.3, 0.4) is 0 Å². The highest BCUT2D eigenvalue weighted by Crippen LogP contribution is 2.95. The largest absolute Gasteiger partial charge is 0.481 e. The van der Waals surface area contributed by atoms with E-state index in [2.05, 4.69) is 13.8 Å². The Kier molecular flexibility index (Phi) is 3.31. The molecule has 4 bridgehead atoms. The van der Waals surface area contributed by atoms with Gasteiger partial charge in [0.25, 0.3) is 0 Å². The van der Waals surface area contributed by atoms with E-state index in [1.54, 1.807) is 6.92 Å². The molecular weight excluding hydrogens is 416 g/mol. The summed E-state index contributed by atoms with van der Waals surface area (Å²) in [5.41, 5.74) is -2.84. The van der Waals surface area contributed by atoms with Crippen molar-refractivity contribution in [2.75, 3.05) is 0 Å². The summed E-state index contributed by atoms with van der Waals surface area (Å²) >= 11 is 0. The molecule has 0 spiro atoms. The highest BCUT2D eigenvalue weighted by molar-refractivity contribution is 5.89. The van der Waals surface area contributed by atoms with Gasteiger partial charge in [0.2, 0.25) is 0 Å². The molecule has 6 aliphatic rings. The lowest BCUT2D eigenvalue weighted by Crippen LogP contribution is -2.86. The lowest BCUT2D eigenvalue weighted by Gasteiger charge is -2.84. The molecule has 0 aliphatic heterocycles. The molecule has 0 aromatic heterocycles. The van der Waals surface area contributed by atoms with Crippen LogP contribution in [-0.2, 0) is 19.2 Å². The fraction of sp³-hybridized carbons (Fsp3) is 0.833.